The summed E-state index contributed by atoms with van der Waals surface area (Å²) in [5, 5.41) is 0. The average Bonchev–Trinajstić information content (AvgIpc) is 2.97. The normalized spacial score (nSPS) is 10.8. The number of rotatable bonds is 14. The van der Waals surface area contributed by atoms with Gasteiger partial charge in [-0.3, -0.25) is 4.79 Å². The van der Waals surface area contributed by atoms with E-state index in [2.05, 4.69) is 19.9 Å². The molecule has 0 aliphatic rings. The van der Waals surface area contributed by atoms with Crippen LogP contribution in [0, 0.1) is 5.82 Å². The van der Waals surface area contributed by atoms with Gasteiger partial charge >= 0.3 is 0 Å². The monoisotopic (exact) mass is 541 g/mol. The van der Waals surface area contributed by atoms with Crippen LogP contribution in [-0.2, 0) is 19.4 Å². The number of primary amides is 1. The molecule has 5 nitrogen and oxygen atoms in total. The van der Waals surface area contributed by atoms with E-state index in [-0.39, 0.29) is 5.82 Å². The van der Waals surface area contributed by atoms with Gasteiger partial charge in [-0.1, -0.05) is 68.8 Å². The van der Waals surface area contributed by atoms with Crippen molar-refractivity contribution in [1.82, 2.24) is 0 Å². The third-order valence-corrected chi connectivity index (χ3v) is 6.64. The molecular formula is C34H36FNO4. The Morgan fingerprint density at radius 3 is 2.20 bits per heavy atom. The number of aryl methyl sites for hydroxylation is 1. The predicted molar refractivity (Wildman–Crippen MR) is 157 cm³/mol. The Balaban J connectivity index is 1.47. The first-order chi connectivity index (χ1) is 19.5. The second-order valence-corrected chi connectivity index (χ2v) is 9.54. The zero-order valence-electron chi connectivity index (χ0n) is 23.1. The lowest BCUT2D eigenvalue weighted by molar-refractivity contribution is 0.0998. The third-order valence-electron chi connectivity index (χ3n) is 6.64. The molecule has 0 spiro atoms. The molecule has 4 aromatic rings. The maximum atomic E-state index is 13.6. The molecule has 0 saturated carbocycles. The fourth-order valence-electron chi connectivity index (χ4n) is 4.59. The van der Waals surface area contributed by atoms with Crippen LogP contribution in [0.3, 0.4) is 0 Å². The maximum absolute atomic E-state index is 13.6. The molecule has 1 amide bonds. The van der Waals surface area contributed by atoms with Gasteiger partial charge in [-0.05, 0) is 59.9 Å². The first kappa shape index (κ1) is 28.7. The fraction of sp³-hybridized carbons (Fsp3) is 0.265. The van der Waals surface area contributed by atoms with Gasteiger partial charge in [0, 0.05) is 29.2 Å². The van der Waals surface area contributed by atoms with Crippen LogP contribution in [0.4, 0.5) is 4.39 Å². The highest BCUT2D eigenvalue weighted by atomic mass is 19.1. The Labute approximate surface area is 235 Å². The van der Waals surface area contributed by atoms with E-state index in [1.165, 1.54) is 12.1 Å². The number of carbonyl (C=O) groups is 1. The van der Waals surface area contributed by atoms with Gasteiger partial charge in [0.2, 0.25) is 5.91 Å². The second-order valence-electron chi connectivity index (χ2n) is 9.54. The van der Waals surface area contributed by atoms with Crippen molar-refractivity contribution in [3.05, 3.63) is 113 Å². The van der Waals surface area contributed by atoms with E-state index in [0.717, 1.165) is 52.8 Å². The minimum atomic E-state index is -0.446. The highest BCUT2D eigenvalue weighted by molar-refractivity contribution is 5.95. The van der Waals surface area contributed by atoms with Gasteiger partial charge in [0.05, 0.1) is 13.2 Å². The van der Waals surface area contributed by atoms with Crippen LogP contribution >= 0.6 is 0 Å². The first-order valence-electron chi connectivity index (χ1n) is 13.8. The summed E-state index contributed by atoms with van der Waals surface area (Å²) in [7, 11) is 0. The number of benzene rings is 4. The Kier molecular flexibility index (Phi) is 10.2. The van der Waals surface area contributed by atoms with E-state index in [1.54, 1.807) is 24.3 Å². The molecule has 0 aliphatic heterocycles. The molecule has 0 saturated heterocycles. The summed E-state index contributed by atoms with van der Waals surface area (Å²) in [4.78, 5) is 11.8. The summed E-state index contributed by atoms with van der Waals surface area (Å²) in [6.45, 7) is 5.41. The molecule has 0 aliphatic carbocycles. The van der Waals surface area contributed by atoms with E-state index in [4.69, 9.17) is 19.9 Å². The molecule has 2 N–H and O–H groups in total. The summed E-state index contributed by atoms with van der Waals surface area (Å²) in [5.74, 6) is 1.38. The third kappa shape index (κ3) is 7.41. The van der Waals surface area contributed by atoms with E-state index < -0.39 is 5.91 Å². The van der Waals surface area contributed by atoms with Gasteiger partial charge in [-0.15, -0.1) is 0 Å². The number of halogens is 1. The summed E-state index contributed by atoms with van der Waals surface area (Å²) in [6, 6.07) is 25.8. The summed E-state index contributed by atoms with van der Waals surface area (Å²) >= 11 is 0. The smallest absolute Gasteiger partial charge is 0.249 e. The molecule has 0 aromatic heterocycles. The van der Waals surface area contributed by atoms with Crippen molar-refractivity contribution in [1.29, 1.82) is 0 Å². The molecule has 0 heterocycles. The first-order valence-corrected chi connectivity index (χ1v) is 13.8. The zero-order valence-corrected chi connectivity index (χ0v) is 23.1. The van der Waals surface area contributed by atoms with Crippen LogP contribution < -0.4 is 19.9 Å². The molecule has 4 rings (SSSR count). The number of nitrogens with two attached hydrogens (primary N) is 1. The van der Waals surface area contributed by atoms with Crippen molar-refractivity contribution >= 4 is 5.91 Å². The molecule has 6 heteroatoms. The molecule has 4 aromatic carbocycles. The summed E-state index contributed by atoms with van der Waals surface area (Å²) in [5.41, 5.74) is 10.8. The van der Waals surface area contributed by atoms with E-state index in [9.17, 15) is 9.18 Å². The molecule has 0 fully saturated rings. The lowest BCUT2D eigenvalue weighted by atomic mass is 10.00. The average molecular weight is 542 g/mol. The quantitative estimate of drug-likeness (QED) is 0.168. The van der Waals surface area contributed by atoms with Gasteiger partial charge < -0.3 is 19.9 Å². The number of amides is 1. The van der Waals surface area contributed by atoms with Crippen LogP contribution in [0.5, 0.6) is 17.2 Å². The predicted octanol–water partition coefficient (Wildman–Crippen LogP) is 7.53. The van der Waals surface area contributed by atoms with E-state index >= 15 is 0 Å². The van der Waals surface area contributed by atoms with Crippen molar-refractivity contribution < 1.29 is 23.4 Å². The zero-order chi connectivity index (χ0) is 28.3. The van der Waals surface area contributed by atoms with Crippen molar-refractivity contribution in [3.63, 3.8) is 0 Å². The van der Waals surface area contributed by atoms with Crippen LogP contribution in [0.2, 0.25) is 0 Å². The van der Waals surface area contributed by atoms with Crippen LogP contribution in [0.15, 0.2) is 84.9 Å². The van der Waals surface area contributed by atoms with Crippen molar-refractivity contribution in [2.45, 2.75) is 46.1 Å². The van der Waals surface area contributed by atoms with Gasteiger partial charge in [0.1, 0.15) is 29.7 Å². The molecule has 208 valence electrons. The largest absolute Gasteiger partial charge is 0.493 e. The number of hydrogen-bond acceptors (Lipinski definition) is 4. The lowest BCUT2D eigenvalue weighted by Crippen LogP contribution is -2.15. The molecule has 0 radical (unpaired) electrons. The number of hydrogen-bond donors (Lipinski definition) is 1. The number of carbonyl (C=O) groups excluding carboxylic acids is 1. The summed E-state index contributed by atoms with van der Waals surface area (Å²) < 4.78 is 32.1. The minimum Gasteiger partial charge on any atom is -0.493 e. The molecular weight excluding hydrogens is 505 g/mol. The maximum Gasteiger partial charge on any atom is 0.249 e. The summed E-state index contributed by atoms with van der Waals surface area (Å²) in [6.07, 6.45) is 3.01. The van der Waals surface area contributed by atoms with Crippen LogP contribution in [0.1, 0.15) is 53.7 Å². The van der Waals surface area contributed by atoms with E-state index in [1.807, 2.05) is 42.5 Å². The SMILES string of the molecule is CCCc1c(OCCCOc2cc(OCc3ccccc3)c(-c3ccc(F)cc3)cc2CC)cccc1C(N)=O. The fourth-order valence-corrected chi connectivity index (χ4v) is 4.59. The Morgan fingerprint density at radius 2 is 1.52 bits per heavy atom. The molecule has 0 unspecified atom stereocenters. The standard InChI is InChI=1S/C34H36FNO4/c1-3-10-28-29(34(36)37)13-8-14-31(28)38-19-9-20-39-32-22-33(40-23-24-11-6-5-7-12-24)30(21-25(32)4-2)26-15-17-27(35)18-16-26/h5-8,11-18,21-22H,3-4,9-10,19-20,23H2,1-2H3,(H2,36,37). The Morgan fingerprint density at radius 1 is 0.800 bits per heavy atom. The molecule has 40 heavy (non-hydrogen) atoms. The van der Waals surface area contributed by atoms with Gasteiger partial charge in [0.25, 0.3) is 0 Å². The van der Waals surface area contributed by atoms with Crippen molar-refractivity contribution in [3.8, 4) is 28.4 Å². The van der Waals surface area contributed by atoms with Crippen molar-refractivity contribution in [2.75, 3.05) is 13.2 Å². The lowest BCUT2D eigenvalue weighted by Gasteiger charge is -2.18. The van der Waals surface area contributed by atoms with Crippen LogP contribution in [-0.4, -0.2) is 19.1 Å². The second kappa shape index (κ2) is 14.2. The van der Waals surface area contributed by atoms with Gasteiger partial charge in [0.15, 0.2) is 0 Å². The van der Waals surface area contributed by atoms with Crippen LogP contribution in [0.25, 0.3) is 11.1 Å². The van der Waals surface area contributed by atoms with E-state index in [0.29, 0.717) is 43.3 Å². The highest BCUT2D eigenvalue weighted by Gasteiger charge is 2.15. The van der Waals surface area contributed by atoms with Gasteiger partial charge in [-0.2, -0.15) is 0 Å². The topological polar surface area (TPSA) is 70.8 Å². The Hall–Kier alpha value is -4.32. The Bertz CT molecular complexity index is 1400. The minimum absolute atomic E-state index is 0.281. The highest BCUT2D eigenvalue weighted by Crippen LogP contribution is 2.37. The molecule has 0 atom stereocenters. The number of ether oxygens (including phenoxy) is 3. The van der Waals surface area contributed by atoms with Gasteiger partial charge in [-0.25, -0.2) is 4.39 Å². The van der Waals surface area contributed by atoms with Crippen molar-refractivity contribution in [2.24, 2.45) is 5.73 Å². The molecule has 0 bridgehead atoms.